The number of hydrogen-bond acceptors (Lipinski definition) is 4. The first kappa shape index (κ1) is 34.6. The van der Waals surface area contributed by atoms with Gasteiger partial charge in [-0.2, -0.15) is 0 Å². The van der Waals surface area contributed by atoms with Crippen LogP contribution in [0.1, 0.15) is 48.6 Å². The van der Waals surface area contributed by atoms with E-state index in [1.807, 2.05) is 72.8 Å². The van der Waals surface area contributed by atoms with E-state index >= 15 is 0 Å². The van der Waals surface area contributed by atoms with E-state index in [4.69, 9.17) is 9.72 Å². The third-order valence-corrected chi connectivity index (χ3v) is 13.0. The smallest absolute Gasteiger partial charge is 0.137 e. The zero-order chi connectivity index (χ0) is 46.7. The third kappa shape index (κ3) is 6.83. The maximum absolute atomic E-state index is 9.52. The van der Waals surface area contributed by atoms with E-state index in [0.717, 1.165) is 66.8 Å². The van der Waals surface area contributed by atoms with Crippen molar-refractivity contribution in [2.45, 2.75) is 37.4 Å². The molecule has 0 saturated heterocycles. The van der Waals surface area contributed by atoms with Gasteiger partial charge in [0, 0.05) is 56.8 Å². The summed E-state index contributed by atoms with van der Waals surface area (Å²) >= 11 is 0. The highest BCUT2D eigenvalue weighted by Crippen LogP contribution is 2.51. The molecule has 1 aliphatic carbocycles. The van der Waals surface area contributed by atoms with Crippen LogP contribution >= 0.6 is 0 Å². The maximum atomic E-state index is 9.52. The lowest BCUT2D eigenvalue weighted by Gasteiger charge is -2.38. The second-order valence-corrected chi connectivity index (χ2v) is 16.8. The highest BCUT2D eigenvalue weighted by Gasteiger charge is 2.36. The van der Waals surface area contributed by atoms with Crippen molar-refractivity contribution in [1.29, 1.82) is 0 Å². The van der Waals surface area contributed by atoms with Crippen molar-refractivity contribution in [3.63, 3.8) is 0 Å². The van der Waals surface area contributed by atoms with Gasteiger partial charge in [0.15, 0.2) is 0 Å². The number of hydrogen-bond donors (Lipinski definition) is 0. The minimum atomic E-state index is -1.88. The van der Waals surface area contributed by atoms with E-state index in [9.17, 15) is 5.48 Å². The molecule has 1 aliphatic heterocycles. The van der Waals surface area contributed by atoms with E-state index in [1.165, 1.54) is 0 Å². The summed E-state index contributed by atoms with van der Waals surface area (Å²) < 4.78 is 47.0. The van der Waals surface area contributed by atoms with E-state index in [0.29, 0.717) is 41.5 Å². The van der Waals surface area contributed by atoms with Gasteiger partial charge in [0.1, 0.15) is 24.0 Å². The molecule has 65 heavy (non-hydrogen) atoms. The second-order valence-electron chi connectivity index (χ2n) is 16.8. The van der Waals surface area contributed by atoms with Crippen LogP contribution in [0.5, 0.6) is 11.5 Å². The molecule has 2 aliphatic rings. The summed E-state index contributed by atoms with van der Waals surface area (Å²) in [6.45, 7) is 0.583. The van der Waals surface area contributed by atoms with Gasteiger partial charge in [-0.05, 0) is 89.6 Å². The number of benzene rings is 8. The maximum Gasteiger partial charge on any atom is 0.137 e. The summed E-state index contributed by atoms with van der Waals surface area (Å²) in [7, 11) is 0. The fourth-order valence-corrected chi connectivity index (χ4v) is 10.0. The molecule has 0 N–H and O–H groups in total. The Morgan fingerprint density at radius 1 is 0.477 bits per heavy atom. The summed E-state index contributed by atoms with van der Waals surface area (Å²) in [5.74, 6) is 1.91. The summed E-state index contributed by atoms with van der Waals surface area (Å²) in [5.41, 5.74) is 10.4. The number of rotatable bonds is 9. The number of para-hydroxylation sites is 4. The minimum Gasteiger partial charge on any atom is -0.457 e. The molecule has 2 aromatic heterocycles. The normalized spacial score (nSPS) is 16.9. The number of fused-ring (bicyclic) bond motifs is 4. The van der Waals surface area contributed by atoms with E-state index in [2.05, 4.69) is 148 Å². The van der Waals surface area contributed by atoms with Gasteiger partial charge in [-0.3, -0.25) is 4.57 Å². The van der Waals surface area contributed by atoms with E-state index < -0.39 is 18.2 Å². The number of aromatic nitrogens is 2. The van der Waals surface area contributed by atoms with Crippen LogP contribution in [0.4, 0.5) is 22.7 Å². The number of pyridine rings is 1. The molecule has 1 fully saturated rings. The lowest BCUT2D eigenvalue weighted by molar-refractivity contribution is 0.345. The molecule has 0 atom stereocenters. The average molecular weight is 845 g/mol. The Labute approximate surface area is 386 Å². The van der Waals surface area contributed by atoms with Gasteiger partial charge in [0.2, 0.25) is 0 Å². The summed E-state index contributed by atoms with van der Waals surface area (Å²) in [6, 6.07) is 72.1. The SMILES string of the molecule is [2H]C1([2H])CCCC([2H])([2H])C1(c1ccccc1)c1ccnc(-n2c3ccccc3c3ccc(Oc4cccc(N5CN(c6c(-c7ccccc7)cccc6-c6ccccc6)c6ccccc65)c4)cc32)c1. The first-order valence-corrected chi connectivity index (χ1v) is 22.4. The predicted molar refractivity (Wildman–Crippen MR) is 268 cm³/mol. The standard InChI is InChI=1S/C60H48N4O/c1-5-19-43(20-6-1)50-28-18-29-51(44-21-7-2-8-22-44)59(50)63-42-62(55-31-13-14-32-56(55)63)47-25-17-26-48(40-47)65-49-33-34-53-52-27-11-12-30-54(52)64(57(53)41-49)58-39-46(35-38-61-58)60(36-15-4-16-37-60)45-23-9-3-10-24-45/h1-3,5-14,17-35,38-41H,4,15-16,36-37,42H2/i36D2,37D2. The predicted octanol–water partition coefficient (Wildman–Crippen LogP) is 15.8. The summed E-state index contributed by atoms with van der Waals surface area (Å²) in [4.78, 5) is 9.70. The van der Waals surface area contributed by atoms with Crippen molar-refractivity contribution in [3.8, 4) is 39.6 Å². The van der Waals surface area contributed by atoms with Crippen molar-refractivity contribution in [3.05, 3.63) is 230 Å². The molecule has 314 valence electrons. The highest BCUT2D eigenvalue weighted by atomic mass is 16.5. The van der Waals surface area contributed by atoms with Crippen molar-refractivity contribution < 1.29 is 10.2 Å². The fraction of sp³-hybridized carbons (Fsp3) is 0.117. The van der Waals surface area contributed by atoms with Gasteiger partial charge < -0.3 is 14.5 Å². The fourth-order valence-electron chi connectivity index (χ4n) is 10.0. The Hall–Kier alpha value is -7.89. The van der Waals surface area contributed by atoms with Gasteiger partial charge >= 0.3 is 0 Å². The van der Waals surface area contributed by atoms with Gasteiger partial charge in [-0.1, -0.05) is 165 Å². The lowest BCUT2D eigenvalue weighted by Crippen LogP contribution is -2.30. The van der Waals surface area contributed by atoms with Crippen LogP contribution in [0, 0.1) is 0 Å². The van der Waals surface area contributed by atoms with Gasteiger partial charge in [-0.15, -0.1) is 0 Å². The van der Waals surface area contributed by atoms with Gasteiger partial charge in [0.05, 0.1) is 28.1 Å². The first-order valence-electron chi connectivity index (χ1n) is 24.4. The Kier molecular flexibility index (Phi) is 8.69. The van der Waals surface area contributed by atoms with Crippen LogP contribution in [0.15, 0.2) is 219 Å². The monoisotopic (exact) mass is 844 g/mol. The molecule has 5 nitrogen and oxygen atoms in total. The van der Waals surface area contributed by atoms with Crippen molar-refractivity contribution in [1.82, 2.24) is 9.55 Å². The largest absolute Gasteiger partial charge is 0.457 e. The minimum absolute atomic E-state index is 0.246. The van der Waals surface area contributed by atoms with Crippen LogP contribution in [0.2, 0.25) is 0 Å². The van der Waals surface area contributed by atoms with E-state index in [-0.39, 0.29) is 12.8 Å². The molecule has 0 unspecified atom stereocenters. The van der Waals surface area contributed by atoms with Crippen molar-refractivity contribution in [2.75, 3.05) is 16.5 Å². The second kappa shape index (κ2) is 16.3. The zero-order valence-corrected chi connectivity index (χ0v) is 35.8. The Morgan fingerprint density at radius 2 is 1.09 bits per heavy atom. The topological polar surface area (TPSA) is 33.5 Å². The summed E-state index contributed by atoms with van der Waals surface area (Å²) in [6.07, 6.45) is -1.10. The molecular weight excluding hydrogens is 793 g/mol. The molecule has 0 amide bonds. The quantitative estimate of drug-likeness (QED) is 0.145. The molecule has 10 aromatic rings. The summed E-state index contributed by atoms with van der Waals surface area (Å²) in [5, 5.41) is 2.05. The average Bonchev–Trinajstić information content (AvgIpc) is 3.93. The van der Waals surface area contributed by atoms with Gasteiger partial charge in [0.25, 0.3) is 0 Å². The molecular formula is C60H48N4O. The molecule has 3 heterocycles. The molecule has 12 rings (SSSR count). The Bertz CT molecular complexity index is 3450. The Balaban J connectivity index is 0.929. The highest BCUT2D eigenvalue weighted by molar-refractivity contribution is 6.09. The number of anilines is 4. The third-order valence-electron chi connectivity index (χ3n) is 13.0. The molecule has 0 bridgehead atoms. The zero-order valence-electron chi connectivity index (χ0n) is 39.8. The molecule has 0 radical (unpaired) electrons. The molecule has 0 spiro atoms. The lowest BCUT2D eigenvalue weighted by atomic mass is 9.65. The Morgan fingerprint density at radius 3 is 1.83 bits per heavy atom. The van der Waals surface area contributed by atoms with Crippen LogP contribution < -0.4 is 14.5 Å². The number of ether oxygens (including phenoxy) is 1. The molecule has 8 aromatic carbocycles. The van der Waals surface area contributed by atoms with Crippen molar-refractivity contribution >= 4 is 44.6 Å². The van der Waals surface area contributed by atoms with Gasteiger partial charge in [-0.25, -0.2) is 4.98 Å². The first-order chi connectivity index (χ1) is 33.7. The van der Waals surface area contributed by atoms with Crippen molar-refractivity contribution in [2.24, 2.45) is 0 Å². The molecule has 1 saturated carbocycles. The van der Waals surface area contributed by atoms with Crippen LogP contribution in [0.3, 0.4) is 0 Å². The van der Waals surface area contributed by atoms with Crippen LogP contribution in [-0.4, -0.2) is 16.2 Å². The van der Waals surface area contributed by atoms with E-state index in [1.54, 1.807) is 12.3 Å². The molecule has 5 heteroatoms. The van der Waals surface area contributed by atoms with Crippen LogP contribution in [0.25, 0.3) is 49.9 Å². The number of nitrogens with zero attached hydrogens (tertiary/aromatic N) is 4. The van der Waals surface area contributed by atoms with Crippen LogP contribution in [-0.2, 0) is 5.41 Å².